The summed E-state index contributed by atoms with van der Waals surface area (Å²) in [7, 11) is 0. The third-order valence-electron chi connectivity index (χ3n) is 3.91. The van der Waals surface area contributed by atoms with Gasteiger partial charge < -0.3 is 15.3 Å². The van der Waals surface area contributed by atoms with Gasteiger partial charge in [-0.1, -0.05) is 37.3 Å². The Hall–Kier alpha value is -0.900. The van der Waals surface area contributed by atoms with E-state index in [1.165, 1.54) is 38.9 Å². The molecule has 1 unspecified atom stereocenters. The molecule has 3 nitrogen and oxygen atoms in total. The third-order valence-corrected chi connectivity index (χ3v) is 3.91. The second-order valence-corrected chi connectivity index (χ2v) is 5.45. The van der Waals surface area contributed by atoms with Crippen LogP contribution in [0.5, 0.6) is 0 Å². The number of hydrogen-bond donors (Lipinski definition) is 2. The highest BCUT2D eigenvalue weighted by Crippen LogP contribution is 2.14. The van der Waals surface area contributed by atoms with E-state index in [1.54, 1.807) is 0 Å². The molecule has 1 aromatic rings. The molecule has 0 spiro atoms. The summed E-state index contributed by atoms with van der Waals surface area (Å²) in [6.45, 7) is 6.49. The van der Waals surface area contributed by atoms with Crippen LogP contribution in [0.3, 0.4) is 0 Å². The zero-order valence-corrected chi connectivity index (χ0v) is 11.9. The summed E-state index contributed by atoms with van der Waals surface area (Å²) in [4.78, 5) is 2.53. The normalized spacial score (nSPS) is 19.5. The molecule has 1 saturated heterocycles. The maximum Gasteiger partial charge on any atom is 0.0914 e. The first-order chi connectivity index (χ1) is 9.29. The highest BCUT2D eigenvalue weighted by atomic mass is 16.3. The van der Waals surface area contributed by atoms with Crippen molar-refractivity contribution >= 4 is 0 Å². The van der Waals surface area contributed by atoms with Gasteiger partial charge in [-0.15, -0.1) is 0 Å². The van der Waals surface area contributed by atoms with E-state index in [0.29, 0.717) is 12.6 Å². The molecule has 1 heterocycles. The first kappa shape index (κ1) is 14.5. The van der Waals surface area contributed by atoms with E-state index in [0.717, 1.165) is 5.56 Å². The number of benzene rings is 1. The first-order valence-electron chi connectivity index (χ1n) is 7.48. The average Bonchev–Trinajstić information content (AvgIpc) is 2.47. The summed E-state index contributed by atoms with van der Waals surface area (Å²) in [5.74, 6) is 0. The van der Waals surface area contributed by atoms with Crippen molar-refractivity contribution < 1.29 is 5.11 Å². The van der Waals surface area contributed by atoms with E-state index < -0.39 is 6.10 Å². The Morgan fingerprint density at radius 1 is 1.26 bits per heavy atom. The Labute approximate surface area is 116 Å². The monoisotopic (exact) mass is 262 g/mol. The third kappa shape index (κ3) is 4.60. The fourth-order valence-electron chi connectivity index (χ4n) is 2.75. The molecule has 19 heavy (non-hydrogen) atoms. The van der Waals surface area contributed by atoms with Gasteiger partial charge in [0.1, 0.15) is 0 Å². The van der Waals surface area contributed by atoms with Crippen molar-refractivity contribution in [2.24, 2.45) is 0 Å². The van der Waals surface area contributed by atoms with Gasteiger partial charge in [0, 0.05) is 12.6 Å². The number of aliphatic hydroxyl groups excluding tert-OH is 1. The van der Waals surface area contributed by atoms with E-state index in [4.69, 9.17) is 0 Å². The van der Waals surface area contributed by atoms with Gasteiger partial charge in [-0.05, 0) is 44.5 Å². The summed E-state index contributed by atoms with van der Waals surface area (Å²) in [6.07, 6.45) is 3.24. The van der Waals surface area contributed by atoms with E-state index in [9.17, 15) is 5.11 Å². The lowest BCUT2D eigenvalue weighted by Crippen LogP contribution is -2.43. The summed E-state index contributed by atoms with van der Waals surface area (Å²) >= 11 is 0. The molecule has 0 radical (unpaired) electrons. The molecule has 0 saturated carbocycles. The zero-order valence-electron chi connectivity index (χ0n) is 11.9. The molecule has 1 aliphatic heterocycles. The van der Waals surface area contributed by atoms with Crippen molar-refractivity contribution in [1.29, 1.82) is 0 Å². The Morgan fingerprint density at radius 2 is 1.95 bits per heavy atom. The fraction of sp³-hybridized carbons (Fsp3) is 0.625. The SMILES string of the molecule is CCCN1CCC(NCC(O)c2ccccc2)CC1. The number of rotatable bonds is 6. The van der Waals surface area contributed by atoms with Crippen molar-refractivity contribution in [1.82, 2.24) is 10.2 Å². The summed E-state index contributed by atoms with van der Waals surface area (Å²) in [6, 6.07) is 10.5. The quantitative estimate of drug-likeness (QED) is 0.825. The number of nitrogens with zero attached hydrogens (tertiary/aromatic N) is 1. The van der Waals surface area contributed by atoms with Gasteiger partial charge in [-0.2, -0.15) is 0 Å². The van der Waals surface area contributed by atoms with Crippen LogP contribution in [-0.4, -0.2) is 42.2 Å². The van der Waals surface area contributed by atoms with Crippen LogP contribution in [0.15, 0.2) is 30.3 Å². The number of nitrogens with one attached hydrogen (secondary N) is 1. The van der Waals surface area contributed by atoms with Crippen LogP contribution in [-0.2, 0) is 0 Å². The highest BCUT2D eigenvalue weighted by Gasteiger charge is 2.19. The van der Waals surface area contributed by atoms with Crippen molar-refractivity contribution in [2.45, 2.75) is 38.3 Å². The Balaban J connectivity index is 1.69. The van der Waals surface area contributed by atoms with Crippen LogP contribution < -0.4 is 5.32 Å². The van der Waals surface area contributed by atoms with Gasteiger partial charge in [-0.3, -0.25) is 0 Å². The molecule has 3 heteroatoms. The number of hydrogen-bond acceptors (Lipinski definition) is 3. The lowest BCUT2D eigenvalue weighted by atomic mass is 10.0. The van der Waals surface area contributed by atoms with Crippen LogP contribution in [0.4, 0.5) is 0 Å². The number of piperidine rings is 1. The molecule has 2 rings (SSSR count). The van der Waals surface area contributed by atoms with Crippen LogP contribution in [0, 0.1) is 0 Å². The summed E-state index contributed by atoms with van der Waals surface area (Å²) in [5.41, 5.74) is 0.999. The molecule has 1 aromatic carbocycles. The molecule has 1 fully saturated rings. The predicted octanol–water partition coefficient (Wildman–Crippen LogP) is 2.18. The van der Waals surface area contributed by atoms with Crippen LogP contribution >= 0.6 is 0 Å². The predicted molar refractivity (Wildman–Crippen MR) is 79.2 cm³/mol. The van der Waals surface area contributed by atoms with Gasteiger partial charge in [0.25, 0.3) is 0 Å². The van der Waals surface area contributed by atoms with Crippen molar-refractivity contribution in [3.05, 3.63) is 35.9 Å². The minimum absolute atomic E-state index is 0.394. The topological polar surface area (TPSA) is 35.5 Å². The lowest BCUT2D eigenvalue weighted by molar-refractivity contribution is 0.151. The maximum atomic E-state index is 10.1. The zero-order chi connectivity index (χ0) is 13.5. The largest absolute Gasteiger partial charge is 0.387 e. The molecular formula is C16H26N2O. The van der Waals surface area contributed by atoms with E-state index in [2.05, 4.69) is 17.1 Å². The molecule has 0 aliphatic carbocycles. The molecule has 1 aliphatic rings. The van der Waals surface area contributed by atoms with Gasteiger partial charge in [0.05, 0.1) is 6.10 Å². The smallest absolute Gasteiger partial charge is 0.0914 e. The molecule has 0 aromatic heterocycles. The fourth-order valence-corrected chi connectivity index (χ4v) is 2.75. The van der Waals surface area contributed by atoms with E-state index >= 15 is 0 Å². The van der Waals surface area contributed by atoms with Gasteiger partial charge in [0.2, 0.25) is 0 Å². The standard InChI is InChI=1S/C16H26N2O/c1-2-10-18-11-8-15(9-12-18)17-13-16(19)14-6-4-3-5-7-14/h3-7,15-17,19H,2,8-13H2,1H3. The van der Waals surface area contributed by atoms with E-state index in [-0.39, 0.29) is 0 Å². The Bertz CT molecular complexity index is 347. The van der Waals surface area contributed by atoms with Crippen molar-refractivity contribution in [3.63, 3.8) is 0 Å². The van der Waals surface area contributed by atoms with Gasteiger partial charge >= 0.3 is 0 Å². The Kier molecular flexibility index (Phi) is 5.83. The second-order valence-electron chi connectivity index (χ2n) is 5.45. The lowest BCUT2D eigenvalue weighted by Gasteiger charge is -2.32. The number of aliphatic hydroxyl groups is 1. The Morgan fingerprint density at radius 3 is 2.58 bits per heavy atom. The van der Waals surface area contributed by atoms with E-state index in [1.807, 2.05) is 30.3 Å². The molecular weight excluding hydrogens is 236 g/mol. The number of likely N-dealkylation sites (tertiary alicyclic amines) is 1. The van der Waals surface area contributed by atoms with Crippen molar-refractivity contribution in [2.75, 3.05) is 26.2 Å². The average molecular weight is 262 g/mol. The summed E-state index contributed by atoms with van der Waals surface area (Å²) < 4.78 is 0. The first-order valence-corrected chi connectivity index (χ1v) is 7.48. The second kappa shape index (κ2) is 7.63. The van der Waals surface area contributed by atoms with Crippen molar-refractivity contribution in [3.8, 4) is 0 Å². The van der Waals surface area contributed by atoms with Gasteiger partial charge in [0.15, 0.2) is 0 Å². The molecule has 106 valence electrons. The molecule has 0 amide bonds. The maximum absolute atomic E-state index is 10.1. The minimum Gasteiger partial charge on any atom is -0.387 e. The molecule has 0 bridgehead atoms. The highest BCUT2D eigenvalue weighted by molar-refractivity contribution is 5.17. The van der Waals surface area contributed by atoms with Gasteiger partial charge in [-0.25, -0.2) is 0 Å². The minimum atomic E-state index is -0.394. The molecule has 2 N–H and O–H groups in total. The van der Waals surface area contributed by atoms with Crippen LogP contribution in [0.1, 0.15) is 37.9 Å². The summed E-state index contributed by atoms with van der Waals surface area (Å²) in [5, 5.41) is 13.6. The van der Waals surface area contributed by atoms with Crippen LogP contribution in [0.25, 0.3) is 0 Å². The van der Waals surface area contributed by atoms with Crippen LogP contribution in [0.2, 0.25) is 0 Å². The molecule has 1 atom stereocenters.